The van der Waals surface area contributed by atoms with Crippen molar-refractivity contribution in [1.82, 2.24) is 15.1 Å². The van der Waals surface area contributed by atoms with Gasteiger partial charge in [-0.15, -0.1) is 0 Å². The molecule has 7 heteroatoms. The minimum absolute atomic E-state index is 0.0611. The van der Waals surface area contributed by atoms with Gasteiger partial charge in [-0.2, -0.15) is 10.4 Å². The number of nitrogens with one attached hydrogen (secondary N) is 1. The lowest BCUT2D eigenvalue weighted by Gasteiger charge is -2.34. The van der Waals surface area contributed by atoms with Gasteiger partial charge in [-0.1, -0.05) is 0 Å². The molecule has 1 unspecified atom stereocenters. The summed E-state index contributed by atoms with van der Waals surface area (Å²) in [4.78, 5) is 14.6. The number of nitrogens with zero attached hydrogens (tertiary/aromatic N) is 4. The van der Waals surface area contributed by atoms with Crippen LogP contribution in [0.2, 0.25) is 0 Å². The second-order valence-electron chi connectivity index (χ2n) is 5.76. The fourth-order valence-corrected chi connectivity index (χ4v) is 3.01. The first-order valence-electron chi connectivity index (χ1n) is 7.63. The first-order chi connectivity index (χ1) is 11.1. The third-order valence-corrected chi connectivity index (χ3v) is 4.15. The molecule has 2 aromatic rings. The van der Waals surface area contributed by atoms with Gasteiger partial charge in [0.05, 0.1) is 11.8 Å². The van der Waals surface area contributed by atoms with Crippen molar-refractivity contribution in [3.05, 3.63) is 35.4 Å². The average molecular weight is 313 g/mol. The summed E-state index contributed by atoms with van der Waals surface area (Å²) < 4.78 is 7.06. The Morgan fingerprint density at radius 3 is 3.04 bits per heavy atom. The summed E-state index contributed by atoms with van der Waals surface area (Å²) in [6, 6.07) is 5.44. The van der Waals surface area contributed by atoms with Crippen LogP contribution in [0.1, 0.15) is 34.7 Å². The molecule has 1 saturated heterocycles. The van der Waals surface area contributed by atoms with Crippen molar-refractivity contribution in [3.63, 3.8) is 0 Å². The van der Waals surface area contributed by atoms with E-state index < -0.39 is 0 Å². The molecule has 0 aromatic carbocycles. The Kier molecular flexibility index (Phi) is 4.06. The minimum Gasteiger partial charge on any atom is -0.450 e. The summed E-state index contributed by atoms with van der Waals surface area (Å²) in [5, 5.41) is 16.1. The third-order valence-electron chi connectivity index (χ3n) is 4.15. The Bertz CT molecular complexity index is 755. The van der Waals surface area contributed by atoms with Crippen molar-refractivity contribution in [3.8, 4) is 6.07 Å². The van der Waals surface area contributed by atoms with Crippen LogP contribution in [0, 0.1) is 18.3 Å². The van der Waals surface area contributed by atoms with Crippen molar-refractivity contribution < 1.29 is 9.21 Å². The number of carbonyl (C=O) groups excluding carboxylic acids is 1. The maximum Gasteiger partial charge on any atom is 0.255 e. The van der Waals surface area contributed by atoms with Crippen LogP contribution in [0.25, 0.3) is 0 Å². The molecule has 0 saturated carbocycles. The van der Waals surface area contributed by atoms with Crippen LogP contribution in [0.5, 0.6) is 0 Å². The van der Waals surface area contributed by atoms with Crippen LogP contribution in [0.15, 0.2) is 22.7 Å². The summed E-state index contributed by atoms with van der Waals surface area (Å²) in [6.45, 7) is 3.39. The summed E-state index contributed by atoms with van der Waals surface area (Å²) in [5.41, 5.74) is 0.430. The number of aryl methyl sites for hydroxylation is 2. The number of hydrogen-bond acceptors (Lipinski definition) is 5. The van der Waals surface area contributed by atoms with Gasteiger partial charge in [0.25, 0.3) is 5.91 Å². The van der Waals surface area contributed by atoms with E-state index >= 15 is 0 Å². The van der Waals surface area contributed by atoms with Crippen LogP contribution in [0.3, 0.4) is 0 Å². The molecular weight excluding hydrogens is 294 g/mol. The molecule has 2 aromatic heterocycles. The highest BCUT2D eigenvalue weighted by atomic mass is 16.3. The number of anilines is 1. The molecular formula is C16H19N5O2. The quantitative estimate of drug-likeness (QED) is 0.930. The lowest BCUT2D eigenvalue weighted by molar-refractivity contribution is 0.0931. The van der Waals surface area contributed by atoms with E-state index in [0.29, 0.717) is 11.3 Å². The van der Waals surface area contributed by atoms with E-state index in [2.05, 4.69) is 15.3 Å². The molecule has 3 rings (SSSR count). The SMILES string of the molecule is Cc1oc(C#N)cc1C(=O)NC1CCCN(c2ccnn2C)C1. The maximum absolute atomic E-state index is 12.4. The number of hydrogen-bond donors (Lipinski definition) is 1. The lowest BCUT2D eigenvalue weighted by Crippen LogP contribution is -2.48. The van der Waals surface area contributed by atoms with Gasteiger partial charge in [-0.05, 0) is 19.8 Å². The topological polar surface area (TPSA) is 87.1 Å². The Morgan fingerprint density at radius 1 is 1.57 bits per heavy atom. The van der Waals surface area contributed by atoms with E-state index in [9.17, 15) is 4.79 Å². The number of amides is 1. The number of carbonyl (C=O) groups is 1. The van der Waals surface area contributed by atoms with Crippen LogP contribution in [-0.4, -0.2) is 34.8 Å². The molecule has 1 atom stereocenters. The predicted octanol–water partition coefficient (Wildman–Crippen LogP) is 1.59. The van der Waals surface area contributed by atoms with Gasteiger partial charge in [-0.25, -0.2) is 0 Å². The average Bonchev–Trinajstić information content (AvgIpc) is 3.13. The fraction of sp³-hybridized carbons (Fsp3) is 0.438. The van der Waals surface area contributed by atoms with Gasteiger partial charge in [0.2, 0.25) is 5.76 Å². The molecule has 23 heavy (non-hydrogen) atoms. The van der Waals surface area contributed by atoms with E-state index in [1.54, 1.807) is 13.1 Å². The van der Waals surface area contributed by atoms with Crippen LogP contribution < -0.4 is 10.2 Å². The second-order valence-corrected chi connectivity index (χ2v) is 5.76. The Balaban J connectivity index is 1.68. The van der Waals surface area contributed by atoms with Crippen LogP contribution in [0.4, 0.5) is 5.82 Å². The molecule has 1 fully saturated rings. The Labute approximate surface area is 134 Å². The molecule has 1 aliphatic rings. The number of furan rings is 1. The minimum atomic E-state index is -0.190. The summed E-state index contributed by atoms with van der Waals surface area (Å²) in [6.07, 6.45) is 3.71. The number of piperidine rings is 1. The molecule has 1 N–H and O–H groups in total. The first kappa shape index (κ1) is 15.2. The smallest absolute Gasteiger partial charge is 0.255 e. The van der Waals surface area contributed by atoms with Crippen molar-refractivity contribution in [2.75, 3.05) is 18.0 Å². The maximum atomic E-state index is 12.4. The highest BCUT2D eigenvalue weighted by Crippen LogP contribution is 2.20. The van der Waals surface area contributed by atoms with Gasteiger partial charge >= 0.3 is 0 Å². The fourth-order valence-electron chi connectivity index (χ4n) is 3.01. The van der Waals surface area contributed by atoms with Crippen LogP contribution >= 0.6 is 0 Å². The van der Waals surface area contributed by atoms with Gasteiger partial charge in [-0.3, -0.25) is 9.48 Å². The molecule has 0 radical (unpaired) electrons. The van der Waals surface area contributed by atoms with Crippen molar-refractivity contribution in [2.24, 2.45) is 7.05 Å². The van der Waals surface area contributed by atoms with Gasteiger partial charge in [0, 0.05) is 38.3 Å². The van der Waals surface area contributed by atoms with E-state index in [1.807, 2.05) is 23.9 Å². The second kappa shape index (κ2) is 6.16. The number of nitriles is 1. The van der Waals surface area contributed by atoms with Crippen LogP contribution in [-0.2, 0) is 7.05 Å². The highest BCUT2D eigenvalue weighted by molar-refractivity contribution is 5.95. The normalized spacial score (nSPS) is 17.8. The van der Waals surface area contributed by atoms with Crippen molar-refractivity contribution in [1.29, 1.82) is 5.26 Å². The standard InChI is InChI=1S/C16H19N5O2/c1-11-14(8-13(9-17)23-11)16(22)19-12-4-3-7-21(10-12)15-5-6-18-20(15)2/h5-6,8,12H,3-4,7,10H2,1-2H3,(H,19,22). The van der Waals surface area contributed by atoms with E-state index in [4.69, 9.17) is 9.68 Å². The van der Waals surface area contributed by atoms with Crippen molar-refractivity contribution >= 4 is 11.7 Å². The number of rotatable bonds is 3. The number of aromatic nitrogens is 2. The zero-order valence-electron chi connectivity index (χ0n) is 13.2. The zero-order chi connectivity index (χ0) is 16.4. The molecule has 3 heterocycles. The molecule has 1 amide bonds. The monoisotopic (exact) mass is 313 g/mol. The molecule has 0 bridgehead atoms. The Morgan fingerprint density at radius 2 is 2.39 bits per heavy atom. The first-order valence-corrected chi connectivity index (χ1v) is 7.63. The van der Waals surface area contributed by atoms with E-state index in [1.165, 1.54) is 6.07 Å². The van der Waals surface area contributed by atoms with Gasteiger partial charge in [0.1, 0.15) is 17.6 Å². The third kappa shape index (κ3) is 3.06. The summed E-state index contributed by atoms with van der Waals surface area (Å²) in [5.74, 6) is 1.49. The van der Waals surface area contributed by atoms with E-state index in [0.717, 1.165) is 31.7 Å². The van der Waals surface area contributed by atoms with Gasteiger partial charge in [0.15, 0.2) is 0 Å². The predicted molar refractivity (Wildman–Crippen MR) is 84.1 cm³/mol. The Hall–Kier alpha value is -2.75. The van der Waals surface area contributed by atoms with Crippen molar-refractivity contribution in [2.45, 2.75) is 25.8 Å². The lowest BCUT2D eigenvalue weighted by atomic mass is 10.0. The molecule has 0 spiro atoms. The summed E-state index contributed by atoms with van der Waals surface area (Å²) in [7, 11) is 1.91. The molecule has 1 aliphatic heterocycles. The largest absolute Gasteiger partial charge is 0.450 e. The molecule has 7 nitrogen and oxygen atoms in total. The zero-order valence-corrected chi connectivity index (χ0v) is 13.2. The highest BCUT2D eigenvalue weighted by Gasteiger charge is 2.25. The van der Waals surface area contributed by atoms with E-state index in [-0.39, 0.29) is 17.7 Å². The summed E-state index contributed by atoms with van der Waals surface area (Å²) >= 11 is 0. The molecule has 0 aliphatic carbocycles. The van der Waals surface area contributed by atoms with Gasteiger partial charge < -0.3 is 14.6 Å². The molecule has 120 valence electrons.